The van der Waals surface area contributed by atoms with E-state index in [0.717, 1.165) is 11.6 Å². The first-order chi connectivity index (χ1) is 9.71. The number of nitrogens with one attached hydrogen (secondary N) is 1. The first-order valence-electron chi connectivity index (χ1n) is 7.27. The first kappa shape index (κ1) is 14.7. The van der Waals surface area contributed by atoms with E-state index in [1.807, 2.05) is 24.3 Å². The lowest BCUT2D eigenvalue weighted by molar-refractivity contribution is -0.142. The SMILES string of the molecule is CCC1CCC(Nc2ccc(OCC(=O)OC)cc2)C1. The number of rotatable bonds is 6. The van der Waals surface area contributed by atoms with Gasteiger partial charge < -0.3 is 14.8 Å². The second kappa shape index (κ2) is 7.17. The van der Waals surface area contributed by atoms with Crippen LogP contribution in [0.1, 0.15) is 32.6 Å². The maximum absolute atomic E-state index is 11.0. The van der Waals surface area contributed by atoms with Crippen LogP contribution >= 0.6 is 0 Å². The molecule has 4 heteroatoms. The number of carbonyl (C=O) groups excluding carboxylic acids is 1. The van der Waals surface area contributed by atoms with Crippen LogP contribution in [-0.4, -0.2) is 25.7 Å². The summed E-state index contributed by atoms with van der Waals surface area (Å²) in [7, 11) is 1.35. The summed E-state index contributed by atoms with van der Waals surface area (Å²) in [6, 6.07) is 8.31. The molecule has 0 spiro atoms. The number of carbonyl (C=O) groups is 1. The third-order valence-corrected chi connectivity index (χ3v) is 3.93. The van der Waals surface area contributed by atoms with E-state index < -0.39 is 0 Å². The molecule has 1 aliphatic rings. The summed E-state index contributed by atoms with van der Waals surface area (Å²) < 4.78 is 9.84. The van der Waals surface area contributed by atoms with Gasteiger partial charge in [-0.3, -0.25) is 0 Å². The molecule has 4 nitrogen and oxygen atoms in total. The Labute approximate surface area is 120 Å². The van der Waals surface area contributed by atoms with Crippen LogP contribution in [-0.2, 0) is 9.53 Å². The van der Waals surface area contributed by atoms with Crippen LogP contribution in [0.2, 0.25) is 0 Å². The molecule has 1 saturated carbocycles. The zero-order valence-corrected chi connectivity index (χ0v) is 12.2. The fourth-order valence-electron chi connectivity index (χ4n) is 2.66. The Morgan fingerprint density at radius 3 is 2.65 bits per heavy atom. The van der Waals surface area contributed by atoms with Gasteiger partial charge in [0.1, 0.15) is 5.75 Å². The van der Waals surface area contributed by atoms with E-state index >= 15 is 0 Å². The Bertz CT molecular complexity index is 430. The predicted molar refractivity (Wildman–Crippen MR) is 79.0 cm³/mol. The van der Waals surface area contributed by atoms with E-state index in [4.69, 9.17) is 4.74 Å². The topological polar surface area (TPSA) is 47.6 Å². The van der Waals surface area contributed by atoms with Crippen molar-refractivity contribution in [2.75, 3.05) is 19.0 Å². The van der Waals surface area contributed by atoms with Crippen LogP contribution in [0.25, 0.3) is 0 Å². The maximum Gasteiger partial charge on any atom is 0.343 e. The van der Waals surface area contributed by atoms with Gasteiger partial charge in [0.05, 0.1) is 7.11 Å². The number of esters is 1. The smallest absolute Gasteiger partial charge is 0.343 e. The lowest BCUT2D eigenvalue weighted by atomic mass is 10.1. The molecular formula is C16H23NO3. The maximum atomic E-state index is 11.0. The largest absolute Gasteiger partial charge is 0.482 e. The van der Waals surface area contributed by atoms with Gasteiger partial charge >= 0.3 is 5.97 Å². The van der Waals surface area contributed by atoms with Crippen molar-refractivity contribution in [2.24, 2.45) is 5.92 Å². The summed E-state index contributed by atoms with van der Waals surface area (Å²) in [5.41, 5.74) is 1.11. The minimum Gasteiger partial charge on any atom is -0.482 e. The van der Waals surface area contributed by atoms with Crippen LogP contribution in [0, 0.1) is 5.92 Å². The van der Waals surface area contributed by atoms with Crippen LogP contribution in [0.4, 0.5) is 5.69 Å². The van der Waals surface area contributed by atoms with Gasteiger partial charge in [0.15, 0.2) is 6.61 Å². The lowest BCUT2D eigenvalue weighted by Crippen LogP contribution is -2.15. The van der Waals surface area contributed by atoms with Gasteiger partial charge in [-0.25, -0.2) is 4.79 Å². The molecule has 110 valence electrons. The number of hydrogen-bond donors (Lipinski definition) is 1. The molecule has 1 aliphatic carbocycles. The number of methoxy groups -OCH3 is 1. The van der Waals surface area contributed by atoms with Gasteiger partial charge in [-0.15, -0.1) is 0 Å². The standard InChI is InChI=1S/C16H23NO3/c1-3-12-4-5-14(10-12)17-13-6-8-15(9-7-13)20-11-16(18)19-2/h6-9,12,14,17H,3-5,10-11H2,1-2H3. The van der Waals surface area contributed by atoms with E-state index in [2.05, 4.69) is 17.0 Å². The van der Waals surface area contributed by atoms with Crippen LogP contribution in [0.5, 0.6) is 5.75 Å². The molecule has 2 unspecified atom stereocenters. The first-order valence-corrected chi connectivity index (χ1v) is 7.27. The van der Waals surface area contributed by atoms with Crippen molar-refractivity contribution >= 4 is 11.7 Å². The average molecular weight is 277 g/mol. The van der Waals surface area contributed by atoms with E-state index in [1.165, 1.54) is 32.8 Å². The van der Waals surface area contributed by atoms with Crippen molar-refractivity contribution in [3.05, 3.63) is 24.3 Å². The zero-order chi connectivity index (χ0) is 14.4. The summed E-state index contributed by atoms with van der Waals surface area (Å²) >= 11 is 0. The van der Waals surface area contributed by atoms with Gasteiger partial charge in [0, 0.05) is 11.7 Å². The third kappa shape index (κ3) is 4.15. The normalized spacial score (nSPS) is 21.5. The highest BCUT2D eigenvalue weighted by molar-refractivity contribution is 5.70. The van der Waals surface area contributed by atoms with Gasteiger partial charge in [-0.05, 0) is 49.4 Å². The summed E-state index contributed by atoms with van der Waals surface area (Å²) in [5, 5.41) is 3.56. The highest BCUT2D eigenvalue weighted by Gasteiger charge is 2.22. The van der Waals surface area contributed by atoms with E-state index in [9.17, 15) is 4.79 Å². The van der Waals surface area contributed by atoms with E-state index in [-0.39, 0.29) is 12.6 Å². The van der Waals surface area contributed by atoms with Crippen LogP contribution < -0.4 is 10.1 Å². The van der Waals surface area contributed by atoms with Crippen molar-refractivity contribution in [1.29, 1.82) is 0 Å². The Hall–Kier alpha value is -1.71. The second-order valence-corrected chi connectivity index (χ2v) is 5.32. The van der Waals surface area contributed by atoms with E-state index in [0.29, 0.717) is 11.8 Å². The van der Waals surface area contributed by atoms with Gasteiger partial charge in [-0.1, -0.05) is 13.3 Å². The summed E-state index contributed by atoms with van der Waals surface area (Å²) in [6.07, 6.45) is 5.11. The van der Waals surface area contributed by atoms with Crippen molar-refractivity contribution in [1.82, 2.24) is 0 Å². The quantitative estimate of drug-likeness (QED) is 0.811. The molecular weight excluding hydrogens is 254 g/mol. The number of hydrogen-bond acceptors (Lipinski definition) is 4. The van der Waals surface area contributed by atoms with Gasteiger partial charge in [0.25, 0.3) is 0 Å². The highest BCUT2D eigenvalue weighted by atomic mass is 16.6. The summed E-state index contributed by atoms with van der Waals surface area (Å²) in [4.78, 5) is 11.0. The van der Waals surface area contributed by atoms with E-state index in [1.54, 1.807) is 0 Å². The average Bonchev–Trinajstić information content (AvgIpc) is 2.94. The van der Waals surface area contributed by atoms with Gasteiger partial charge in [0.2, 0.25) is 0 Å². The molecule has 1 fully saturated rings. The fraction of sp³-hybridized carbons (Fsp3) is 0.562. The molecule has 2 rings (SSSR count). The van der Waals surface area contributed by atoms with Crippen LogP contribution in [0.3, 0.4) is 0 Å². The number of anilines is 1. The molecule has 0 aliphatic heterocycles. The molecule has 1 aromatic carbocycles. The van der Waals surface area contributed by atoms with Crippen molar-refractivity contribution in [3.63, 3.8) is 0 Å². The molecule has 1 N–H and O–H groups in total. The fourth-order valence-corrected chi connectivity index (χ4v) is 2.66. The molecule has 0 saturated heterocycles. The van der Waals surface area contributed by atoms with Crippen molar-refractivity contribution in [2.45, 2.75) is 38.6 Å². The Morgan fingerprint density at radius 1 is 1.30 bits per heavy atom. The predicted octanol–water partition coefficient (Wildman–Crippen LogP) is 3.23. The molecule has 0 radical (unpaired) electrons. The monoisotopic (exact) mass is 277 g/mol. The summed E-state index contributed by atoms with van der Waals surface area (Å²) in [5.74, 6) is 1.18. The van der Waals surface area contributed by atoms with Gasteiger partial charge in [-0.2, -0.15) is 0 Å². The number of ether oxygens (including phenoxy) is 2. The zero-order valence-electron chi connectivity index (χ0n) is 12.2. The van der Waals surface area contributed by atoms with Crippen molar-refractivity contribution < 1.29 is 14.3 Å². The molecule has 0 amide bonds. The number of benzene rings is 1. The Kier molecular flexibility index (Phi) is 5.27. The molecule has 20 heavy (non-hydrogen) atoms. The molecule has 0 bridgehead atoms. The second-order valence-electron chi connectivity index (χ2n) is 5.32. The minimum absolute atomic E-state index is 0.0515. The third-order valence-electron chi connectivity index (χ3n) is 3.93. The Balaban J connectivity index is 1.81. The highest BCUT2D eigenvalue weighted by Crippen LogP contribution is 2.30. The minimum atomic E-state index is -0.372. The van der Waals surface area contributed by atoms with Crippen LogP contribution in [0.15, 0.2) is 24.3 Å². The Morgan fingerprint density at radius 2 is 2.05 bits per heavy atom. The molecule has 0 aromatic heterocycles. The molecule has 0 heterocycles. The summed E-state index contributed by atoms with van der Waals surface area (Å²) in [6.45, 7) is 2.21. The lowest BCUT2D eigenvalue weighted by Gasteiger charge is -2.14. The van der Waals surface area contributed by atoms with Crippen molar-refractivity contribution in [3.8, 4) is 5.75 Å². The molecule has 1 aromatic rings. The molecule has 2 atom stereocenters.